The Hall–Kier alpha value is -2.90. The van der Waals surface area contributed by atoms with Crippen molar-refractivity contribution < 1.29 is 14.2 Å². The molecule has 0 radical (unpaired) electrons. The van der Waals surface area contributed by atoms with Gasteiger partial charge < -0.3 is 14.2 Å². The minimum absolute atomic E-state index is 0.0721. The van der Waals surface area contributed by atoms with Gasteiger partial charge in [-0.1, -0.05) is 18.2 Å². The number of nitrogens with one attached hydrogen (secondary N) is 1. The molecule has 7 heteroatoms. The van der Waals surface area contributed by atoms with Gasteiger partial charge in [0.1, 0.15) is 28.1 Å². The van der Waals surface area contributed by atoms with Gasteiger partial charge in [0.15, 0.2) is 0 Å². The minimum atomic E-state index is 0.0721. The highest BCUT2D eigenvalue weighted by Crippen LogP contribution is 2.40. The topological polar surface area (TPSA) is 69.3 Å². The minimum Gasteiger partial charge on any atom is -0.493 e. The normalized spacial score (nSPS) is 20.8. The van der Waals surface area contributed by atoms with E-state index in [1.54, 1.807) is 11.3 Å². The Morgan fingerprint density at radius 2 is 2.10 bits per heavy atom. The molecule has 0 saturated carbocycles. The van der Waals surface area contributed by atoms with Crippen LogP contribution >= 0.6 is 11.3 Å². The molecule has 4 heterocycles. The Balaban J connectivity index is 1.40. The van der Waals surface area contributed by atoms with Crippen LogP contribution in [0.3, 0.4) is 0 Å². The lowest BCUT2D eigenvalue weighted by atomic mass is 9.97. The molecule has 2 aromatic carbocycles. The lowest BCUT2D eigenvalue weighted by Gasteiger charge is -2.23. The Morgan fingerprint density at radius 3 is 2.97 bits per heavy atom. The molecule has 2 unspecified atom stereocenters. The molecule has 152 valence electrons. The summed E-state index contributed by atoms with van der Waals surface area (Å²) in [6.07, 6.45) is 5.65. The highest BCUT2D eigenvalue weighted by Gasteiger charge is 2.26. The Kier molecular flexibility index (Phi) is 4.43. The summed E-state index contributed by atoms with van der Waals surface area (Å²) in [6.45, 7) is 2.02. The Labute approximate surface area is 177 Å². The van der Waals surface area contributed by atoms with E-state index in [0.29, 0.717) is 13.2 Å². The van der Waals surface area contributed by atoms with E-state index >= 15 is 0 Å². The summed E-state index contributed by atoms with van der Waals surface area (Å²) in [4.78, 5) is 5.02. The number of ether oxygens (including phenoxy) is 3. The fourth-order valence-electron chi connectivity index (χ4n) is 4.13. The molecule has 0 spiro atoms. The number of aromatic amines is 1. The molecule has 0 bridgehead atoms. The highest BCUT2D eigenvalue weighted by molar-refractivity contribution is 7.18. The van der Waals surface area contributed by atoms with Crippen LogP contribution in [0.5, 0.6) is 11.5 Å². The van der Waals surface area contributed by atoms with Crippen LogP contribution in [0, 0.1) is 0 Å². The van der Waals surface area contributed by atoms with Crippen molar-refractivity contribution in [2.45, 2.75) is 24.9 Å². The van der Waals surface area contributed by atoms with Crippen molar-refractivity contribution in [3.63, 3.8) is 0 Å². The van der Waals surface area contributed by atoms with Crippen LogP contribution in [0.25, 0.3) is 21.3 Å². The molecule has 2 aliphatic heterocycles. The molecule has 1 saturated heterocycles. The molecule has 0 amide bonds. The van der Waals surface area contributed by atoms with E-state index in [0.717, 1.165) is 57.3 Å². The van der Waals surface area contributed by atoms with Gasteiger partial charge in [0, 0.05) is 24.1 Å². The number of H-pyrrole nitrogens is 1. The van der Waals surface area contributed by atoms with Crippen molar-refractivity contribution in [2.75, 3.05) is 19.8 Å². The van der Waals surface area contributed by atoms with E-state index in [2.05, 4.69) is 34.5 Å². The van der Waals surface area contributed by atoms with E-state index in [1.807, 2.05) is 24.5 Å². The van der Waals surface area contributed by atoms with Gasteiger partial charge in [0.25, 0.3) is 0 Å². The van der Waals surface area contributed by atoms with Crippen molar-refractivity contribution in [1.82, 2.24) is 15.2 Å². The first-order valence-corrected chi connectivity index (χ1v) is 11.0. The zero-order chi connectivity index (χ0) is 19.9. The molecule has 1 fully saturated rings. The maximum atomic E-state index is 6.34. The number of nitrogens with zero attached hydrogens (tertiary/aromatic N) is 2. The fraction of sp³-hybridized carbons (Fsp3) is 0.304. The van der Waals surface area contributed by atoms with Gasteiger partial charge in [-0.3, -0.25) is 5.10 Å². The largest absolute Gasteiger partial charge is 0.493 e. The molecule has 6 rings (SSSR count). The summed E-state index contributed by atoms with van der Waals surface area (Å²) < 4.78 is 19.0. The summed E-state index contributed by atoms with van der Waals surface area (Å²) in [5.41, 5.74) is 4.28. The van der Waals surface area contributed by atoms with Crippen LogP contribution in [-0.4, -0.2) is 41.1 Å². The molecule has 0 aliphatic carbocycles. The third kappa shape index (κ3) is 3.24. The molecule has 6 nitrogen and oxygen atoms in total. The van der Waals surface area contributed by atoms with E-state index in [4.69, 9.17) is 19.2 Å². The second kappa shape index (κ2) is 7.41. The first-order valence-electron chi connectivity index (χ1n) is 10.2. The highest BCUT2D eigenvalue weighted by atomic mass is 32.1. The Morgan fingerprint density at radius 1 is 1.13 bits per heavy atom. The predicted molar refractivity (Wildman–Crippen MR) is 115 cm³/mol. The third-order valence-corrected chi connectivity index (χ3v) is 6.88. The standard InChI is InChI=1S/C23H21N3O3S/c1-2-4-19-14(3-1)7-16(12-28-19)23-26-22-20(29-18-5-6-27-13-18)8-15(9-21(22)30-23)17-10-24-25-11-17/h1-4,8-11,16,18H,5-7,12-13H2,(H,24,25). The van der Waals surface area contributed by atoms with Crippen LogP contribution in [0.2, 0.25) is 0 Å². The zero-order valence-electron chi connectivity index (χ0n) is 16.3. The fourth-order valence-corrected chi connectivity index (χ4v) is 5.24. The van der Waals surface area contributed by atoms with E-state index in [-0.39, 0.29) is 12.0 Å². The molecule has 4 aromatic rings. The van der Waals surface area contributed by atoms with Gasteiger partial charge in [-0.25, -0.2) is 4.98 Å². The van der Waals surface area contributed by atoms with Gasteiger partial charge in [0.05, 0.1) is 30.7 Å². The average molecular weight is 420 g/mol. The van der Waals surface area contributed by atoms with Gasteiger partial charge in [0.2, 0.25) is 0 Å². The molecular formula is C23H21N3O3S. The van der Waals surface area contributed by atoms with E-state index in [1.165, 1.54) is 5.56 Å². The molecule has 2 atom stereocenters. The maximum absolute atomic E-state index is 6.34. The predicted octanol–water partition coefficient (Wildman–Crippen LogP) is 4.57. The second-order valence-corrected chi connectivity index (χ2v) is 8.85. The Bertz CT molecular complexity index is 1180. The van der Waals surface area contributed by atoms with Crippen LogP contribution in [0.4, 0.5) is 0 Å². The van der Waals surface area contributed by atoms with E-state index in [9.17, 15) is 0 Å². The van der Waals surface area contributed by atoms with E-state index < -0.39 is 0 Å². The molecule has 30 heavy (non-hydrogen) atoms. The number of hydrogen-bond acceptors (Lipinski definition) is 6. The van der Waals surface area contributed by atoms with Crippen LogP contribution in [-0.2, 0) is 11.2 Å². The zero-order valence-corrected chi connectivity index (χ0v) is 17.2. The van der Waals surface area contributed by atoms with Crippen molar-refractivity contribution in [2.24, 2.45) is 0 Å². The number of aromatic nitrogens is 3. The van der Waals surface area contributed by atoms with Crippen molar-refractivity contribution in [3.05, 3.63) is 59.4 Å². The number of para-hydroxylation sites is 1. The monoisotopic (exact) mass is 419 g/mol. The summed E-state index contributed by atoms with van der Waals surface area (Å²) in [5, 5.41) is 8.09. The van der Waals surface area contributed by atoms with Gasteiger partial charge >= 0.3 is 0 Å². The number of hydrogen-bond donors (Lipinski definition) is 1. The van der Waals surface area contributed by atoms with Gasteiger partial charge in [-0.15, -0.1) is 11.3 Å². The summed E-state index contributed by atoms with van der Waals surface area (Å²) in [6, 6.07) is 12.5. The van der Waals surface area contributed by atoms with Gasteiger partial charge in [-0.05, 0) is 35.7 Å². The van der Waals surface area contributed by atoms with Crippen LogP contribution in [0.1, 0.15) is 22.9 Å². The second-order valence-electron chi connectivity index (χ2n) is 7.78. The van der Waals surface area contributed by atoms with Crippen LogP contribution in [0.15, 0.2) is 48.8 Å². The number of fused-ring (bicyclic) bond motifs is 2. The lowest BCUT2D eigenvalue weighted by molar-refractivity contribution is 0.142. The third-order valence-electron chi connectivity index (χ3n) is 5.72. The quantitative estimate of drug-likeness (QED) is 0.525. The van der Waals surface area contributed by atoms with Gasteiger partial charge in [-0.2, -0.15) is 5.10 Å². The number of thiazole rings is 1. The van der Waals surface area contributed by atoms with Crippen molar-refractivity contribution in [3.8, 4) is 22.6 Å². The molecule has 2 aromatic heterocycles. The smallest absolute Gasteiger partial charge is 0.147 e. The van der Waals surface area contributed by atoms with Crippen LogP contribution < -0.4 is 9.47 Å². The molecule has 2 aliphatic rings. The summed E-state index contributed by atoms with van der Waals surface area (Å²) in [7, 11) is 0. The SMILES string of the molecule is c1ccc2c(c1)CC(c1nc3c(OC4CCOC4)cc(-c4cn[nH]c4)cc3s1)CO2. The van der Waals surface area contributed by atoms with Crippen molar-refractivity contribution >= 4 is 21.6 Å². The molecule has 1 N–H and O–H groups in total. The number of rotatable bonds is 4. The summed E-state index contributed by atoms with van der Waals surface area (Å²) in [5.74, 6) is 2.05. The first kappa shape index (κ1) is 17.9. The van der Waals surface area contributed by atoms with Crippen molar-refractivity contribution in [1.29, 1.82) is 0 Å². The maximum Gasteiger partial charge on any atom is 0.147 e. The average Bonchev–Trinajstić information content (AvgIpc) is 3.54. The first-order chi connectivity index (χ1) is 14.8. The number of benzene rings is 2. The summed E-state index contributed by atoms with van der Waals surface area (Å²) >= 11 is 1.73. The molecular weight excluding hydrogens is 398 g/mol. The lowest BCUT2D eigenvalue weighted by Crippen LogP contribution is -2.19.